The van der Waals surface area contributed by atoms with Crippen LogP contribution >= 0.6 is 0 Å². The molecule has 1 aromatic carbocycles. The van der Waals surface area contributed by atoms with Gasteiger partial charge in [0.05, 0.1) is 19.1 Å². The van der Waals surface area contributed by atoms with Gasteiger partial charge in [-0.25, -0.2) is 4.98 Å². The van der Waals surface area contributed by atoms with E-state index in [-0.39, 0.29) is 11.5 Å². The van der Waals surface area contributed by atoms with Gasteiger partial charge in [-0.2, -0.15) is 0 Å². The van der Waals surface area contributed by atoms with Crippen molar-refractivity contribution in [1.82, 2.24) is 9.97 Å². The third kappa shape index (κ3) is 2.52. The average Bonchev–Trinajstić information content (AvgIpc) is 2.37. The summed E-state index contributed by atoms with van der Waals surface area (Å²) in [6, 6.07) is 5.87. The van der Waals surface area contributed by atoms with E-state index in [1.807, 2.05) is 39.0 Å². The van der Waals surface area contributed by atoms with Crippen molar-refractivity contribution in [3.05, 3.63) is 46.0 Å². The Hall–Kier alpha value is -2.10. The van der Waals surface area contributed by atoms with Gasteiger partial charge in [0, 0.05) is 11.1 Å². The third-order valence-electron chi connectivity index (χ3n) is 3.08. The van der Waals surface area contributed by atoms with Crippen LogP contribution < -0.4 is 10.3 Å². The van der Waals surface area contributed by atoms with Crippen LogP contribution in [0.4, 0.5) is 0 Å². The lowest BCUT2D eigenvalue weighted by molar-refractivity contribution is 0.416. The van der Waals surface area contributed by atoms with Crippen LogP contribution in [0.25, 0.3) is 11.3 Å². The lowest BCUT2D eigenvalue weighted by Gasteiger charge is -2.13. The number of methoxy groups -OCH3 is 1. The first kappa shape index (κ1) is 13.3. The van der Waals surface area contributed by atoms with E-state index in [0.29, 0.717) is 11.3 Å². The standard InChI is InChI=1S/C15H18N2O2/c1-9(2)13-14(16-8-17-15(13)18)11-7-10(3)5-6-12(11)19-4/h5-9H,1-4H3,(H,16,17,18). The lowest BCUT2D eigenvalue weighted by Crippen LogP contribution is -2.16. The number of nitrogens with zero attached hydrogens (tertiary/aromatic N) is 1. The molecule has 0 saturated heterocycles. The van der Waals surface area contributed by atoms with Crippen LogP contribution in [-0.4, -0.2) is 17.1 Å². The minimum atomic E-state index is -0.0939. The van der Waals surface area contributed by atoms with Crippen molar-refractivity contribution in [2.45, 2.75) is 26.7 Å². The molecule has 0 saturated carbocycles. The molecule has 1 heterocycles. The Labute approximate surface area is 112 Å². The van der Waals surface area contributed by atoms with Crippen LogP contribution in [0.15, 0.2) is 29.3 Å². The normalized spacial score (nSPS) is 10.8. The minimum absolute atomic E-state index is 0.0939. The summed E-state index contributed by atoms with van der Waals surface area (Å²) >= 11 is 0. The topological polar surface area (TPSA) is 55.0 Å². The fourth-order valence-electron chi connectivity index (χ4n) is 2.17. The number of benzene rings is 1. The smallest absolute Gasteiger partial charge is 0.254 e. The Bertz CT molecular complexity index is 645. The van der Waals surface area contributed by atoms with Crippen molar-refractivity contribution in [3.8, 4) is 17.0 Å². The molecular weight excluding hydrogens is 240 g/mol. The Morgan fingerprint density at radius 3 is 2.68 bits per heavy atom. The summed E-state index contributed by atoms with van der Waals surface area (Å²) in [6.45, 7) is 5.97. The van der Waals surface area contributed by atoms with Crippen LogP contribution in [0.1, 0.15) is 30.9 Å². The Balaban J connectivity index is 2.75. The van der Waals surface area contributed by atoms with E-state index in [9.17, 15) is 4.79 Å². The van der Waals surface area contributed by atoms with Crippen molar-refractivity contribution in [3.63, 3.8) is 0 Å². The zero-order chi connectivity index (χ0) is 14.0. The van der Waals surface area contributed by atoms with Gasteiger partial charge in [-0.1, -0.05) is 25.5 Å². The van der Waals surface area contributed by atoms with Gasteiger partial charge in [0.1, 0.15) is 5.75 Å². The monoisotopic (exact) mass is 258 g/mol. The minimum Gasteiger partial charge on any atom is -0.496 e. The highest BCUT2D eigenvalue weighted by Gasteiger charge is 2.17. The second kappa shape index (κ2) is 5.26. The molecule has 2 aromatic rings. The molecule has 0 aliphatic heterocycles. The van der Waals surface area contributed by atoms with Gasteiger partial charge in [0.2, 0.25) is 0 Å². The van der Waals surface area contributed by atoms with E-state index in [4.69, 9.17) is 4.74 Å². The zero-order valence-electron chi connectivity index (χ0n) is 11.7. The SMILES string of the molecule is COc1ccc(C)cc1-c1nc[nH]c(=O)c1C(C)C. The maximum Gasteiger partial charge on any atom is 0.254 e. The number of H-pyrrole nitrogens is 1. The fourth-order valence-corrected chi connectivity index (χ4v) is 2.17. The number of nitrogens with one attached hydrogen (secondary N) is 1. The van der Waals surface area contributed by atoms with E-state index < -0.39 is 0 Å². The largest absolute Gasteiger partial charge is 0.496 e. The second-order valence-corrected chi connectivity index (χ2v) is 4.85. The predicted molar refractivity (Wildman–Crippen MR) is 75.7 cm³/mol. The highest BCUT2D eigenvalue weighted by Crippen LogP contribution is 2.32. The molecule has 0 fully saturated rings. The Morgan fingerprint density at radius 2 is 2.05 bits per heavy atom. The number of aromatic nitrogens is 2. The molecule has 1 aromatic heterocycles. The van der Waals surface area contributed by atoms with Gasteiger partial charge in [-0.05, 0) is 25.0 Å². The predicted octanol–water partition coefficient (Wildman–Crippen LogP) is 2.88. The van der Waals surface area contributed by atoms with Crippen LogP contribution in [0.2, 0.25) is 0 Å². The number of rotatable bonds is 3. The van der Waals surface area contributed by atoms with Crippen LogP contribution in [0, 0.1) is 6.92 Å². The molecule has 1 N–H and O–H groups in total. The van der Waals surface area contributed by atoms with Gasteiger partial charge in [-0.15, -0.1) is 0 Å². The number of ether oxygens (including phenoxy) is 1. The molecule has 2 rings (SSSR count). The molecule has 19 heavy (non-hydrogen) atoms. The van der Waals surface area contributed by atoms with E-state index in [2.05, 4.69) is 9.97 Å². The molecule has 0 radical (unpaired) electrons. The molecule has 0 spiro atoms. The molecule has 0 bridgehead atoms. The van der Waals surface area contributed by atoms with Crippen LogP contribution in [0.3, 0.4) is 0 Å². The van der Waals surface area contributed by atoms with E-state index in [0.717, 1.165) is 16.9 Å². The van der Waals surface area contributed by atoms with Crippen LogP contribution in [-0.2, 0) is 0 Å². The third-order valence-corrected chi connectivity index (χ3v) is 3.08. The van der Waals surface area contributed by atoms with E-state index in [1.54, 1.807) is 7.11 Å². The summed E-state index contributed by atoms with van der Waals surface area (Å²) in [5, 5.41) is 0. The molecule has 0 aliphatic carbocycles. The van der Waals surface area contributed by atoms with Crippen molar-refractivity contribution < 1.29 is 4.74 Å². The van der Waals surface area contributed by atoms with Crippen LogP contribution in [0.5, 0.6) is 5.75 Å². The fraction of sp³-hybridized carbons (Fsp3) is 0.333. The van der Waals surface area contributed by atoms with Gasteiger partial charge in [-0.3, -0.25) is 4.79 Å². The summed E-state index contributed by atoms with van der Waals surface area (Å²) in [6.07, 6.45) is 1.44. The summed E-state index contributed by atoms with van der Waals surface area (Å²) in [4.78, 5) is 19.0. The van der Waals surface area contributed by atoms with Crippen molar-refractivity contribution >= 4 is 0 Å². The first-order valence-corrected chi connectivity index (χ1v) is 6.27. The van der Waals surface area contributed by atoms with Crippen molar-refractivity contribution in [2.24, 2.45) is 0 Å². The molecule has 0 amide bonds. The van der Waals surface area contributed by atoms with E-state index in [1.165, 1.54) is 6.33 Å². The van der Waals surface area contributed by atoms with Crippen molar-refractivity contribution in [2.75, 3.05) is 7.11 Å². The molecule has 4 heteroatoms. The molecular formula is C15H18N2O2. The number of hydrogen-bond acceptors (Lipinski definition) is 3. The lowest BCUT2D eigenvalue weighted by atomic mass is 9.97. The number of hydrogen-bond donors (Lipinski definition) is 1. The first-order chi connectivity index (χ1) is 9.04. The molecule has 100 valence electrons. The number of aromatic amines is 1. The highest BCUT2D eigenvalue weighted by atomic mass is 16.5. The van der Waals surface area contributed by atoms with Gasteiger partial charge >= 0.3 is 0 Å². The highest BCUT2D eigenvalue weighted by molar-refractivity contribution is 5.70. The second-order valence-electron chi connectivity index (χ2n) is 4.85. The quantitative estimate of drug-likeness (QED) is 0.921. The maximum absolute atomic E-state index is 12.0. The summed E-state index contributed by atoms with van der Waals surface area (Å²) in [5.74, 6) is 0.822. The number of aryl methyl sites for hydroxylation is 1. The molecule has 0 aliphatic rings. The van der Waals surface area contributed by atoms with Gasteiger partial charge in [0.15, 0.2) is 0 Å². The summed E-state index contributed by atoms with van der Waals surface area (Å²) in [7, 11) is 1.62. The van der Waals surface area contributed by atoms with Gasteiger partial charge in [0.25, 0.3) is 5.56 Å². The Morgan fingerprint density at radius 1 is 1.32 bits per heavy atom. The van der Waals surface area contributed by atoms with Crippen molar-refractivity contribution in [1.29, 1.82) is 0 Å². The van der Waals surface area contributed by atoms with Gasteiger partial charge < -0.3 is 9.72 Å². The molecule has 0 unspecified atom stereocenters. The first-order valence-electron chi connectivity index (χ1n) is 6.27. The summed E-state index contributed by atoms with van der Waals surface area (Å²) < 4.78 is 5.38. The molecule has 4 nitrogen and oxygen atoms in total. The Kier molecular flexibility index (Phi) is 3.69. The average molecular weight is 258 g/mol. The maximum atomic E-state index is 12.0. The zero-order valence-corrected chi connectivity index (χ0v) is 11.7. The molecule has 0 atom stereocenters. The summed E-state index contributed by atoms with van der Waals surface area (Å²) in [5.41, 5.74) is 3.25. The van der Waals surface area contributed by atoms with E-state index >= 15 is 0 Å².